The van der Waals surface area contributed by atoms with Gasteiger partial charge in [0.1, 0.15) is 0 Å². The fourth-order valence-corrected chi connectivity index (χ4v) is 2.20. The van der Waals surface area contributed by atoms with Crippen molar-refractivity contribution in [1.29, 1.82) is 0 Å². The normalized spacial score (nSPS) is 14.8. The van der Waals surface area contributed by atoms with Gasteiger partial charge in [-0.25, -0.2) is 0 Å². The monoisotopic (exact) mass is 249 g/mol. The lowest BCUT2D eigenvalue weighted by Gasteiger charge is -2.21. The minimum Gasteiger partial charge on any atom is -0.392 e. The maximum atomic E-state index is 9.89. The lowest BCUT2D eigenvalue weighted by Crippen LogP contribution is -2.31. The minimum absolute atomic E-state index is 0.246. The zero-order valence-electron chi connectivity index (χ0n) is 12.1. The molecule has 0 aliphatic heterocycles. The predicted molar refractivity (Wildman–Crippen MR) is 77.7 cm³/mol. The first-order valence-corrected chi connectivity index (χ1v) is 7.01. The van der Waals surface area contributed by atoms with E-state index in [2.05, 4.69) is 57.3 Å². The van der Waals surface area contributed by atoms with Gasteiger partial charge in [0.15, 0.2) is 0 Å². The van der Waals surface area contributed by atoms with E-state index in [4.69, 9.17) is 0 Å². The van der Waals surface area contributed by atoms with Crippen molar-refractivity contribution in [2.75, 3.05) is 6.54 Å². The van der Waals surface area contributed by atoms with Gasteiger partial charge in [0, 0.05) is 12.6 Å². The largest absolute Gasteiger partial charge is 0.392 e. The Bertz CT molecular complexity index is 331. The third-order valence-electron chi connectivity index (χ3n) is 3.23. The molecular formula is C16H27NO. The number of nitrogens with one attached hydrogen (secondary N) is 1. The van der Waals surface area contributed by atoms with Gasteiger partial charge in [0.25, 0.3) is 0 Å². The zero-order valence-corrected chi connectivity index (χ0v) is 12.1. The first kappa shape index (κ1) is 15.2. The molecule has 0 amide bonds. The van der Waals surface area contributed by atoms with E-state index in [1.165, 1.54) is 11.1 Å². The highest BCUT2D eigenvalue weighted by atomic mass is 16.3. The van der Waals surface area contributed by atoms with Gasteiger partial charge in [-0.15, -0.1) is 0 Å². The van der Waals surface area contributed by atoms with Crippen LogP contribution in [0.15, 0.2) is 24.3 Å². The molecule has 0 aromatic heterocycles. The van der Waals surface area contributed by atoms with Crippen LogP contribution in [0.4, 0.5) is 0 Å². The van der Waals surface area contributed by atoms with Crippen LogP contribution in [-0.4, -0.2) is 17.8 Å². The van der Waals surface area contributed by atoms with Gasteiger partial charge in [-0.1, -0.05) is 50.6 Å². The molecule has 0 saturated heterocycles. The molecule has 0 aliphatic rings. The summed E-state index contributed by atoms with van der Waals surface area (Å²) >= 11 is 0. The number of aryl methyl sites for hydroxylation is 1. The lowest BCUT2D eigenvalue weighted by molar-refractivity contribution is 0.142. The van der Waals surface area contributed by atoms with E-state index < -0.39 is 0 Å². The Hall–Kier alpha value is -0.860. The number of aliphatic hydroxyl groups excluding tert-OH is 1. The number of aliphatic hydroxyl groups is 1. The SMILES string of the molecule is CCC(NCC(O)CC(C)C)c1ccc(C)cc1. The van der Waals surface area contributed by atoms with Crippen molar-refractivity contribution in [3.05, 3.63) is 35.4 Å². The van der Waals surface area contributed by atoms with Crippen LogP contribution < -0.4 is 5.32 Å². The third-order valence-corrected chi connectivity index (χ3v) is 3.23. The summed E-state index contributed by atoms with van der Waals surface area (Å²) in [6, 6.07) is 8.97. The standard InChI is InChI=1S/C16H27NO/c1-5-16(14-8-6-13(4)7-9-14)17-11-15(18)10-12(2)3/h6-9,12,15-18H,5,10-11H2,1-4H3. The van der Waals surface area contributed by atoms with Crippen LogP contribution in [0.1, 0.15) is 50.8 Å². The van der Waals surface area contributed by atoms with Crippen LogP contribution in [0, 0.1) is 12.8 Å². The first-order chi connectivity index (χ1) is 8.52. The molecule has 0 heterocycles. The molecule has 2 heteroatoms. The predicted octanol–water partition coefficient (Wildman–Crippen LogP) is 3.44. The highest BCUT2D eigenvalue weighted by Crippen LogP contribution is 2.17. The van der Waals surface area contributed by atoms with Crippen molar-refractivity contribution in [3.8, 4) is 0 Å². The Balaban J connectivity index is 2.49. The van der Waals surface area contributed by atoms with Crippen LogP contribution >= 0.6 is 0 Å². The smallest absolute Gasteiger partial charge is 0.0667 e. The Morgan fingerprint density at radius 3 is 2.28 bits per heavy atom. The van der Waals surface area contributed by atoms with Crippen molar-refractivity contribution in [3.63, 3.8) is 0 Å². The molecule has 1 aromatic carbocycles. The van der Waals surface area contributed by atoms with Crippen LogP contribution in [0.25, 0.3) is 0 Å². The third kappa shape index (κ3) is 5.19. The number of benzene rings is 1. The molecule has 2 unspecified atom stereocenters. The molecule has 2 N–H and O–H groups in total. The number of rotatable bonds is 7. The molecule has 1 rings (SSSR count). The molecule has 0 spiro atoms. The molecule has 0 fully saturated rings. The molecule has 2 atom stereocenters. The summed E-state index contributed by atoms with van der Waals surface area (Å²) in [5, 5.41) is 13.4. The summed E-state index contributed by atoms with van der Waals surface area (Å²) in [6.45, 7) is 9.22. The average molecular weight is 249 g/mol. The summed E-state index contributed by atoms with van der Waals surface area (Å²) in [5.41, 5.74) is 2.59. The van der Waals surface area contributed by atoms with E-state index >= 15 is 0 Å². The van der Waals surface area contributed by atoms with Gasteiger partial charge < -0.3 is 10.4 Å². The molecule has 2 nitrogen and oxygen atoms in total. The first-order valence-electron chi connectivity index (χ1n) is 7.01. The second kappa shape index (κ2) is 7.55. The number of hydrogen-bond acceptors (Lipinski definition) is 2. The van der Waals surface area contributed by atoms with E-state index in [1.807, 2.05) is 0 Å². The van der Waals surface area contributed by atoms with Crippen LogP contribution in [0.5, 0.6) is 0 Å². The van der Waals surface area contributed by atoms with Crippen molar-refractivity contribution in [1.82, 2.24) is 5.32 Å². The Kier molecular flexibility index (Phi) is 6.37. The molecule has 0 bridgehead atoms. The van der Waals surface area contributed by atoms with Gasteiger partial charge in [0.05, 0.1) is 6.10 Å². The molecule has 0 radical (unpaired) electrons. The van der Waals surface area contributed by atoms with E-state index in [0.717, 1.165) is 12.8 Å². The van der Waals surface area contributed by atoms with Gasteiger partial charge in [-0.05, 0) is 31.2 Å². The van der Waals surface area contributed by atoms with Crippen LogP contribution in [0.2, 0.25) is 0 Å². The maximum Gasteiger partial charge on any atom is 0.0667 e. The van der Waals surface area contributed by atoms with E-state index in [9.17, 15) is 5.11 Å². The average Bonchev–Trinajstić information content (AvgIpc) is 2.31. The second-order valence-electron chi connectivity index (χ2n) is 5.56. The summed E-state index contributed by atoms with van der Waals surface area (Å²) < 4.78 is 0. The highest BCUT2D eigenvalue weighted by Gasteiger charge is 2.12. The molecule has 18 heavy (non-hydrogen) atoms. The van der Waals surface area contributed by atoms with Crippen LogP contribution in [0.3, 0.4) is 0 Å². The molecule has 0 aliphatic carbocycles. The molecule has 1 aromatic rings. The lowest BCUT2D eigenvalue weighted by atomic mass is 10.0. The molecule has 0 saturated carbocycles. The summed E-state index contributed by atoms with van der Waals surface area (Å²) in [5.74, 6) is 0.543. The number of hydrogen-bond donors (Lipinski definition) is 2. The van der Waals surface area contributed by atoms with Gasteiger partial charge >= 0.3 is 0 Å². The summed E-state index contributed by atoms with van der Waals surface area (Å²) in [6.07, 6.45) is 1.65. The Morgan fingerprint density at radius 1 is 1.17 bits per heavy atom. The van der Waals surface area contributed by atoms with Gasteiger partial charge in [-0.2, -0.15) is 0 Å². The molecule has 102 valence electrons. The zero-order chi connectivity index (χ0) is 13.5. The van der Waals surface area contributed by atoms with Crippen LogP contribution in [-0.2, 0) is 0 Å². The Morgan fingerprint density at radius 2 is 1.78 bits per heavy atom. The second-order valence-corrected chi connectivity index (χ2v) is 5.56. The van der Waals surface area contributed by atoms with E-state index in [1.54, 1.807) is 0 Å². The van der Waals surface area contributed by atoms with E-state index in [0.29, 0.717) is 18.5 Å². The minimum atomic E-state index is -0.246. The van der Waals surface area contributed by atoms with Crippen molar-refractivity contribution >= 4 is 0 Å². The van der Waals surface area contributed by atoms with Crippen molar-refractivity contribution in [2.24, 2.45) is 5.92 Å². The molecular weight excluding hydrogens is 222 g/mol. The summed E-state index contributed by atoms with van der Waals surface area (Å²) in [4.78, 5) is 0. The van der Waals surface area contributed by atoms with Crippen molar-refractivity contribution < 1.29 is 5.11 Å². The fourth-order valence-electron chi connectivity index (χ4n) is 2.20. The van der Waals surface area contributed by atoms with Gasteiger partial charge in [0.2, 0.25) is 0 Å². The Labute approximate surface area is 111 Å². The van der Waals surface area contributed by atoms with E-state index in [-0.39, 0.29) is 6.10 Å². The van der Waals surface area contributed by atoms with Gasteiger partial charge in [-0.3, -0.25) is 0 Å². The highest BCUT2D eigenvalue weighted by molar-refractivity contribution is 5.24. The van der Waals surface area contributed by atoms with Crippen molar-refractivity contribution in [2.45, 2.75) is 52.7 Å². The summed E-state index contributed by atoms with van der Waals surface area (Å²) in [7, 11) is 0. The maximum absolute atomic E-state index is 9.89. The topological polar surface area (TPSA) is 32.3 Å². The quantitative estimate of drug-likeness (QED) is 0.776. The fraction of sp³-hybridized carbons (Fsp3) is 0.625.